The van der Waals surface area contributed by atoms with Crippen LogP contribution < -0.4 is 10.1 Å². The number of aromatic amines is 1. The zero-order valence-corrected chi connectivity index (χ0v) is 16.6. The molecule has 0 saturated carbocycles. The quantitative estimate of drug-likeness (QED) is 0.444. The first-order chi connectivity index (χ1) is 14.7. The average Bonchev–Trinajstić information content (AvgIpc) is 3.37. The summed E-state index contributed by atoms with van der Waals surface area (Å²) in [5.74, 6) is 2.37. The Labute approximate surface area is 173 Å². The van der Waals surface area contributed by atoms with Crippen LogP contribution in [0.1, 0.15) is 5.69 Å². The van der Waals surface area contributed by atoms with Crippen LogP contribution >= 0.6 is 0 Å². The average molecular weight is 396 g/mol. The largest absolute Gasteiger partial charge is 0.497 e. The number of rotatable bonds is 5. The van der Waals surface area contributed by atoms with Crippen molar-refractivity contribution in [2.45, 2.75) is 6.92 Å². The summed E-state index contributed by atoms with van der Waals surface area (Å²) < 4.78 is 7.29. The molecule has 0 fully saturated rings. The van der Waals surface area contributed by atoms with Crippen molar-refractivity contribution in [2.75, 3.05) is 12.4 Å². The fraction of sp³-hybridized carbons (Fsp3) is 0.0870. The summed E-state index contributed by atoms with van der Waals surface area (Å²) in [7, 11) is 1.66. The number of H-pyrrole nitrogens is 1. The standard InChI is InChI=1S/C23H20N6O/c1-15-22(17-12-21(26-14-17)28-18-5-7-19(30-2)8-6-18)29-20(9-11-25-23(29)27-15)16-4-3-10-24-13-16/h3-14,26,28H,1-2H3. The first-order valence-corrected chi connectivity index (χ1v) is 9.57. The molecule has 0 amide bonds. The lowest BCUT2D eigenvalue weighted by molar-refractivity contribution is 0.415. The molecule has 0 aliphatic carbocycles. The summed E-state index contributed by atoms with van der Waals surface area (Å²) >= 11 is 0. The lowest BCUT2D eigenvalue weighted by Crippen LogP contribution is -1.96. The van der Waals surface area contributed by atoms with Gasteiger partial charge in [0, 0.05) is 41.6 Å². The molecule has 30 heavy (non-hydrogen) atoms. The van der Waals surface area contributed by atoms with E-state index in [1.54, 1.807) is 19.5 Å². The number of pyridine rings is 1. The summed E-state index contributed by atoms with van der Waals surface area (Å²) in [6.07, 6.45) is 7.37. The predicted molar refractivity (Wildman–Crippen MR) is 117 cm³/mol. The lowest BCUT2D eigenvalue weighted by Gasteiger charge is -2.08. The molecule has 0 spiro atoms. The maximum absolute atomic E-state index is 5.22. The van der Waals surface area contributed by atoms with Crippen LogP contribution in [0.5, 0.6) is 5.75 Å². The van der Waals surface area contributed by atoms with E-state index in [0.717, 1.165) is 45.5 Å². The van der Waals surface area contributed by atoms with Gasteiger partial charge in [0.25, 0.3) is 0 Å². The van der Waals surface area contributed by atoms with Crippen molar-refractivity contribution in [1.82, 2.24) is 24.3 Å². The molecule has 5 aromatic rings. The lowest BCUT2D eigenvalue weighted by atomic mass is 10.1. The smallest absolute Gasteiger partial charge is 0.234 e. The molecule has 7 heteroatoms. The summed E-state index contributed by atoms with van der Waals surface area (Å²) in [5.41, 5.74) is 5.90. The van der Waals surface area contributed by atoms with Gasteiger partial charge in [-0.25, -0.2) is 9.97 Å². The first kappa shape index (κ1) is 17.9. The van der Waals surface area contributed by atoms with E-state index in [4.69, 9.17) is 4.74 Å². The number of ether oxygens (including phenoxy) is 1. The van der Waals surface area contributed by atoms with Crippen molar-refractivity contribution < 1.29 is 4.74 Å². The van der Waals surface area contributed by atoms with Crippen molar-refractivity contribution in [3.05, 3.63) is 79.0 Å². The number of benzene rings is 1. The van der Waals surface area contributed by atoms with Crippen LogP contribution in [-0.4, -0.2) is 31.4 Å². The summed E-state index contributed by atoms with van der Waals surface area (Å²) in [4.78, 5) is 16.7. The molecule has 0 unspecified atom stereocenters. The van der Waals surface area contributed by atoms with Gasteiger partial charge in [-0.1, -0.05) is 0 Å². The van der Waals surface area contributed by atoms with Gasteiger partial charge in [-0.2, -0.15) is 0 Å². The molecule has 0 aliphatic rings. The van der Waals surface area contributed by atoms with Gasteiger partial charge >= 0.3 is 0 Å². The third kappa shape index (κ3) is 3.16. The van der Waals surface area contributed by atoms with Crippen LogP contribution in [-0.2, 0) is 0 Å². The third-order valence-electron chi connectivity index (χ3n) is 4.98. The molecule has 2 N–H and O–H groups in total. The van der Waals surface area contributed by atoms with Gasteiger partial charge in [0.05, 0.1) is 24.2 Å². The first-order valence-electron chi connectivity index (χ1n) is 9.57. The number of aromatic nitrogens is 5. The minimum Gasteiger partial charge on any atom is -0.497 e. The van der Waals surface area contributed by atoms with Gasteiger partial charge in [-0.3, -0.25) is 9.38 Å². The number of imidazole rings is 1. The van der Waals surface area contributed by atoms with Gasteiger partial charge in [0.1, 0.15) is 11.6 Å². The molecular formula is C23H20N6O. The van der Waals surface area contributed by atoms with Gasteiger partial charge in [0.2, 0.25) is 5.78 Å². The number of anilines is 2. The minimum atomic E-state index is 0.662. The van der Waals surface area contributed by atoms with Crippen molar-refractivity contribution in [1.29, 1.82) is 0 Å². The van der Waals surface area contributed by atoms with Crippen molar-refractivity contribution in [2.24, 2.45) is 0 Å². The van der Waals surface area contributed by atoms with E-state index in [1.165, 1.54) is 0 Å². The molecule has 1 aromatic carbocycles. The molecule has 4 heterocycles. The molecule has 148 valence electrons. The van der Waals surface area contributed by atoms with Gasteiger partial charge in [-0.05, 0) is 55.5 Å². The monoisotopic (exact) mass is 396 g/mol. The van der Waals surface area contributed by atoms with E-state index >= 15 is 0 Å². The topological polar surface area (TPSA) is 80.1 Å². The number of methoxy groups -OCH3 is 1. The van der Waals surface area contributed by atoms with Crippen molar-refractivity contribution in [3.63, 3.8) is 0 Å². The zero-order chi connectivity index (χ0) is 20.5. The van der Waals surface area contributed by atoms with E-state index < -0.39 is 0 Å². The highest BCUT2D eigenvalue weighted by atomic mass is 16.5. The highest BCUT2D eigenvalue weighted by Crippen LogP contribution is 2.31. The van der Waals surface area contributed by atoms with E-state index in [1.807, 2.05) is 61.8 Å². The van der Waals surface area contributed by atoms with Gasteiger partial charge < -0.3 is 15.0 Å². The molecule has 0 radical (unpaired) electrons. The second-order valence-electron chi connectivity index (χ2n) is 6.91. The molecule has 4 aromatic heterocycles. The Hall–Kier alpha value is -4.13. The van der Waals surface area contributed by atoms with Crippen molar-refractivity contribution >= 4 is 17.3 Å². The van der Waals surface area contributed by atoms with E-state index in [0.29, 0.717) is 5.78 Å². The predicted octanol–water partition coefficient (Wildman–Crippen LogP) is 4.85. The zero-order valence-electron chi connectivity index (χ0n) is 16.6. The molecular weight excluding hydrogens is 376 g/mol. The highest BCUT2D eigenvalue weighted by molar-refractivity contribution is 5.74. The summed E-state index contributed by atoms with van der Waals surface area (Å²) in [6.45, 7) is 2.00. The number of nitrogens with one attached hydrogen (secondary N) is 2. The normalized spacial score (nSPS) is 11.0. The maximum atomic E-state index is 5.22. The second-order valence-corrected chi connectivity index (χ2v) is 6.91. The van der Waals surface area contributed by atoms with Crippen LogP contribution in [0, 0.1) is 6.92 Å². The number of fused-ring (bicyclic) bond motifs is 1. The van der Waals surface area contributed by atoms with Gasteiger partial charge in [-0.15, -0.1) is 0 Å². The molecule has 0 bridgehead atoms. The maximum Gasteiger partial charge on any atom is 0.234 e. The minimum absolute atomic E-state index is 0.662. The van der Waals surface area contributed by atoms with Gasteiger partial charge in [0.15, 0.2) is 0 Å². The van der Waals surface area contributed by atoms with Crippen LogP contribution in [0.2, 0.25) is 0 Å². The SMILES string of the molecule is COc1ccc(Nc2cc(-c3c(C)nc4nccc(-c5cccnc5)n34)c[nH]2)cc1. The summed E-state index contributed by atoms with van der Waals surface area (Å²) in [6, 6.07) is 15.8. The highest BCUT2D eigenvalue weighted by Gasteiger charge is 2.17. The second kappa shape index (κ2) is 7.36. The molecule has 0 saturated heterocycles. The molecule has 5 rings (SSSR count). The van der Waals surface area contributed by atoms with E-state index in [-0.39, 0.29) is 0 Å². The molecule has 0 atom stereocenters. The fourth-order valence-corrected chi connectivity index (χ4v) is 3.59. The molecule has 0 aliphatic heterocycles. The Morgan fingerprint density at radius 3 is 2.67 bits per heavy atom. The Morgan fingerprint density at radius 1 is 1.03 bits per heavy atom. The number of nitrogens with zero attached hydrogens (tertiary/aromatic N) is 4. The fourth-order valence-electron chi connectivity index (χ4n) is 3.59. The number of hydrogen-bond donors (Lipinski definition) is 2. The third-order valence-corrected chi connectivity index (χ3v) is 4.98. The summed E-state index contributed by atoms with van der Waals surface area (Å²) in [5, 5.41) is 3.38. The Morgan fingerprint density at radius 2 is 1.90 bits per heavy atom. The Kier molecular flexibility index (Phi) is 4.40. The van der Waals surface area contributed by atoms with Crippen molar-refractivity contribution in [3.8, 4) is 28.3 Å². The van der Waals surface area contributed by atoms with E-state index in [2.05, 4.69) is 35.7 Å². The Bertz CT molecular complexity index is 1310. The van der Waals surface area contributed by atoms with Crippen LogP contribution in [0.25, 0.3) is 28.3 Å². The Balaban J connectivity index is 1.56. The number of aryl methyl sites for hydroxylation is 1. The van der Waals surface area contributed by atoms with Crippen LogP contribution in [0.4, 0.5) is 11.5 Å². The number of hydrogen-bond acceptors (Lipinski definition) is 5. The van der Waals surface area contributed by atoms with Crippen LogP contribution in [0.15, 0.2) is 73.3 Å². The molecule has 7 nitrogen and oxygen atoms in total. The van der Waals surface area contributed by atoms with Crippen LogP contribution in [0.3, 0.4) is 0 Å². The van der Waals surface area contributed by atoms with E-state index in [9.17, 15) is 0 Å².